The molecule has 0 saturated heterocycles. The highest BCUT2D eigenvalue weighted by molar-refractivity contribution is 6.11. The quantitative estimate of drug-likeness (QED) is 0.508. The lowest BCUT2D eigenvalue weighted by atomic mass is 10.0. The molecule has 29 heavy (non-hydrogen) atoms. The van der Waals surface area contributed by atoms with Crippen molar-refractivity contribution in [3.05, 3.63) is 82.9 Å². The van der Waals surface area contributed by atoms with Crippen LogP contribution in [0.3, 0.4) is 0 Å². The Balaban J connectivity index is 2.02. The lowest BCUT2D eigenvalue weighted by Crippen LogP contribution is -2.27. The number of aldehydes is 1. The van der Waals surface area contributed by atoms with E-state index in [9.17, 15) is 19.5 Å². The van der Waals surface area contributed by atoms with Gasteiger partial charge in [-0.2, -0.15) is 0 Å². The molecule has 0 bridgehead atoms. The Morgan fingerprint density at radius 2 is 1.66 bits per heavy atom. The summed E-state index contributed by atoms with van der Waals surface area (Å²) in [5.74, 6) is -1.68. The number of anilines is 2. The number of aromatic carboxylic acids is 1. The number of hydrogen-bond donors (Lipinski definition) is 2. The number of amides is 1. The number of nitrogens with zero attached hydrogens (tertiary/aromatic N) is 1. The molecule has 3 aromatic carbocycles. The van der Waals surface area contributed by atoms with Gasteiger partial charge in [0.25, 0.3) is 5.91 Å². The molecule has 0 aliphatic heterocycles. The van der Waals surface area contributed by atoms with Crippen LogP contribution in [0.1, 0.15) is 36.6 Å². The second-order valence-electron chi connectivity index (χ2n) is 6.77. The molecule has 0 aromatic heterocycles. The zero-order valence-electron chi connectivity index (χ0n) is 16.0. The Hall–Kier alpha value is -3.93. The molecule has 146 valence electrons. The largest absolute Gasteiger partial charge is 0.478 e. The van der Waals surface area contributed by atoms with Crippen LogP contribution in [-0.4, -0.2) is 30.3 Å². The molecule has 0 radical (unpaired) electrons. The van der Waals surface area contributed by atoms with Gasteiger partial charge in [-0.25, -0.2) is 4.79 Å². The Morgan fingerprint density at radius 1 is 0.966 bits per heavy atom. The van der Waals surface area contributed by atoms with Gasteiger partial charge in [0.2, 0.25) is 0 Å². The van der Waals surface area contributed by atoms with Crippen molar-refractivity contribution in [1.82, 2.24) is 0 Å². The second-order valence-corrected chi connectivity index (χ2v) is 6.77. The highest BCUT2D eigenvalue weighted by atomic mass is 16.4. The minimum Gasteiger partial charge on any atom is -0.478 e. The fourth-order valence-electron chi connectivity index (χ4n) is 3.02. The normalized spacial score (nSPS) is 10.4. The Bertz CT molecular complexity index is 1100. The Kier molecular flexibility index (Phi) is 5.45. The molecule has 6 nitrogen and oxygen atoms in total. The average Bonchev–Trinajstić information content (AvgIpc) is 2.72. The molecule has 3 rings (SSSR count). The minimum atomic E-state index is -1.18. The van der Waals surface area contributed by atoms with E-state index in [0.717, 1.165) is 16.7 Å². The highest BCUT2D eigenvalue weighted by Gasteiger charge is 2.20. The number of carboxylic acids is 1. The predicted octanol–water partition coefficient (Wildman–Crippen LogP) is 4.03. The van der Waals surface area contributed by atoms with Crippen molar-refractivity contribution in [2.24, 2.45) is 0 Å². The van der Waals surface area contributed by atoms with E-state index in [1.54, 1.807) is 13.1 Å². The minimum absolute atomic E-state index is 0.0155. The zero-order chi connectivity index (χ0) is 21.1. The lowest BCUT2D eigenvalue weighted by molar-refractivity contribution is 0.0696. The van der Waals surface area contributed by atoms with E-state index >= 15 is 0 Å². The summed E-state index contributed by atoms with van der Waals surface area (Å²) in [6, 6.07) is 17.0. The molecule has 0 fully saturated rings. The smallest absolute Gasteiger partial charge is 0.335 e. The standard InChI is InChI=1S/C23H20N2O4/c1-14-3-5-15(6-4-14)18-9-19(24)12-20(10-18)25(2)22(27)21-11-16(23(28)29)7-8-17(21)13-26/h3-13H,24H2,1-2H3,(H,28,29). The van der Waals surface area contributed by atoms with E-state index in [1.165, 1.54) is 23.1 Å². The Labute approximate surface area is 168 Å². The van der Waals surface area contributed by atoms with Crippen LogP contribution in [0.15, 0.2) is 60.7 Å². The number of aryl methyl sites for hydroxylation is 1. The third-order valence-corrected chi connectivity index (χ3v) is 4.67. The van der Waals surface area contributed by atoms with Crippen molar-refractivity contribution in [2.45, 2.75) is 6.92 Å². The van der Waals surface area contributed by atoms with Crippen LogP contribution in [0, 0.1) is 6.92 Å². The lowest BCUT2D eigenvalue weighted by Gasteiger charge is -2.20. The second kappa shape index (κ2) is 7.98. The third kappa shape index (κ3) is 4.16. The molecule has 0 atom stereocenters. The van der Waals surface area contributed by atoms with Crippen molar-refractivity contribution in [2.75, 3.05) is 17.7 Å². The number of nitrogen functional groups attached to an aromatic ring is 1. The first-order valence-electron chi connectivity index (χ1n) is 8.88. The highest BCUT2D eigenvalue weighted by Crippen LogP contribution is 2.29. The molecule has 0 aliphatic carbocycles. The first-order valence-corrected chi connectivity index (χ1v) is 8.88. The number of nitrogens with two attached hydrogens (primary N) is 1. The first-order chi connectivity index (χ1) is 13.8. The molecule has 0 unspecified atom stereocenters. The van der Waals surface area contributed by atoms with Crippen LogP contribution < -0.4 is 10.6 Å². The van der Waals surface area contributed by atoms with Gasteiger partial charge in [-0.05, 0) is 48.4 Å². The maximum Gasteiger partial charge on any atom is 0.335 e. The van der Waals surface area contributed by atoms with Crippen LogP contribution in [0.2, 0.25) is 0 Å². The van der Waals surface area contributed by atoms with Gasteiger partial charge < -0.3 is 15.7 Å². The van der Waals surface area contributed by atoms with E-state index in [4.69, 9.17) is 5.73 Å². The number of carboxylic acid groups (broad SMARTS) is 1. The van der Waals surface area contributed by atoms with E-state index in [0.29, 0.717) is 17.7 Å². The van der Waals surface area contributed by atoms with Gasteiger partial charge >= 0.3 is 5.97 Å². The summed E-state index contributed by atoms with van der Waals surface area (Å²) in [5, 5.41) is 9.20. The van der Waals surface area contributed by atoms with Crippen LogP contribution in [0.5, 0.6) is 0 Å². The third-order valence-electron chi connectivity index (χ3n) is 4.67. The van der Waals surface area contributed by atoms with Gasteiger partial charge in [-0.15, -0.1) is 0 Å². The van der Waals surface area contributed by atoms with E-state index in [1.807, 2.05) is 43.3 Å². The number of carbonyl (C=O) groups excluding carboxylic acids is 2. The zero-order valence-corrected chi connectivity index (χ0v) is 16.0. The summed E-state index contributed by atoms with van der Waals surface area (Å²) < 4.78 is 0. The summed E-state index contributed by atoms with van der Waals surface area (Å²) in [7, 11) is 1.55. The van der Waals surface area contributed by atoms with Gasteiger partial charge in [0, 0.05) is 24.0 Å². The fourth-order valence-corrected chi connectivity index (χ4v) is 3.02. The Morgan fingerprint density at radius 3 is 2.28 bits per heavy atom. The molecule has 6 heteroatoms. The van der Waals surface area contributed by atoms with Crippen molar-refractivity contribution in [1.29, 1.82) is 0 Å². The summed E-state index contributed by atoms with van der Waals surface area (Å²) >= 11 is 0. The van der Waals surface area contributed by atoms with E-state index in [-0.39, 0.29) is 16.7 Å². The average molecular weight is 388 g/mol. The van der Waals surface area contributed by atoms with Crippen LogP contribution in [0.25, 0.3) is 11.1 Å². The SMILES string of the molecule is Cc1ccc(-c2cc(N)cc(N(C)C(=O)c3cc(C(=O)O)ccc3C=O)c2)cc1. The number of rotatable bonds is 5. The molecule has 3 aromatic rings. The molecule has 0 spiro atoms. The molecule has 1 amide bonds. The molecule has 0 saturated carbocycles. The molecule has 0 aliphatic rings. The van der Waals surface area contributed by atoms with Crippen molar-refractivity contribution < 1.29 is 19.5 Å². The van der Waals surface area contributed by atoms with Crippen molar-refractivity contribution in [3.63, 3.8) is 0 Å². The maximum atomic E-state index is 13.0. The fraction of sp³-hybridized carbons (Fsp3) is 0.0870. The summed E-state index contributed by atoms with van der Waals surface area (Å²) in [6.07, 6.45) is 0.532. The molecule has 3 N–H and O–H groups in total. The number of benzene rings is 3. The van der Waals surface area contributed by atoms with Crippen LogP contribution >= 0.6 is 0 Å². The number of hydrogen-bond acceptors (Lipinski definition) is 4. The van der Waals surface area contributed by atoms with E-state index in [2.05, 4.69) is 0 Å². The van der Waals surface area contributed by atoms with Crippen LogP contribution in [-0.2, 0) is 0 Å². The molecular formula is C23H20N2O4. The summed E-state index contributed by atoms with van der Waals surface area (Å²) in [4.78, 5) is 37.0. The number of carbonyl (C=O) groups is 3. The molecular weight excluding hydrogens is 368 g/mol. The van der Waals surface area contributed by atoms with E-state index < -0.39 is 11.9 Å². The summed E-state index contributed by atoms with van der Waals surface area (Å²) in [5.41, 5.74) is 10.0. The predicted molar refractivity (Wildman–Crippen MR) is 113 cm³/mol. The van der Waals surface area contributed by atoms with Gasteiger partial charge in [0.1, 0.15) is 0 Å². The van der Waals surface area contributed by atoms with Crippen molar-refractivity contribution >= 4 is 29.5 Å². The first kappa shape index (κ1) is 19.8. The van der Waals surface area contributed by atoms with Gasteiger partial charge in [0.05, 0.1) is 11.1 Å². The monoisotopic (exact) mass is 388 g/mol. The van der Waals surface area contributed by atoms with Crippen LogP contribution in [0.4, 0.5) is 11.4 Å². The van der Waals surface area contributed by atoms with Gasteiger partial charge in [-0.3, -0.25) is 9.59 Å². The van der Waals surface area contributed by atoms with Gasteiger partial charge in [0.15, 0.2) is 6.29 Å². The topological polar surface area (TPSA) is 101 Å². The maximum absolute atomic E-state index is 13.0. The van der Waals surface area contributed by atoms with Crippen molar-refractivity contribution in [3.8, 4) is 11.1 Å². The summed E-state index contributed by atoms with van der Waals surface area (Å²) in [6.45, 7) is 2.00. The molecule has 0 heterocycles. The van der Waals surface area contributed by atoms with Gasteiger partial charge in [-0.1, -0.05) is 35.9 Å².